The third-order valence-electron chi connectivity index (χ3n) is 7.23. The summed E-state index contributed by atoms with van der Waals surface area (Å²) in [5.74, 6) is 2.87. The summed E-state index contributed by atoms with van der Waals surface area (Å²) in [4.78, 5) is 24.5. The first-order valence-corrected chi connectivity index (χ1v) is 13.7. The Morgan fingerprint density at radius 2 is 1.69 bits per heavy atom. The minimum atomic E-state index is 0.109. The molecule has 0 bridgehead atoms. The van der Waals surface area contributed by atoms with Gasteiger partial charge in [0.2, 0.25) is 11.9 Å². The van der Waals surface area contributed by atoms with Crippen LogP contribution in [0.1, 0.15) is 48.5 Å². The van der Waals surface area contributed by atoms with Gasteiger partial charge in [-0.05, 0) is 56.7 Å². The van der Waals surface area contributed by atoms with Gasteiger partial charge in [0.25, 0.3) is 0 Å². The van der Waals surface area contributed by atoms with Gasteiger partial charge in [-0.3, -0.25) is 4.79 Å². The summed E-state index contributed by atoms with van der Waals surface area (Å²) in [7, 11) is 4.02. The van der Waals surface area contributed by atoms with Crippen molar-refractivity contribution in [1.29, 1.82) is 0 Å². The predicted octanol–water partition coefficient (Wildman–Crippen LogP) is 5.34. The van der Waals surface area contributed by atoms with Crippen LogP contribution in [0.2, 0.25) is 0 Å². The summed E-state index contributed by atoms with van der Waals surface area (Å²) in [6, 6.07) is 17.5. The SMILES string of the molecule is Cc1ccc(C2CC(C(=O)NC3CCC(Nc4nc(N(C)C)c5ccccc5n4)CC3)CS2)cc1. The summed E-state index contributed by atoms with van der Waals surface area (Å²) < 4.78 is 0. The lowest BCUT2D eigenvalue weighted by molar-refractivity contribution is -0.125. The van der Waals surface area contributed by atoms with Gasteiger partial charge in [0.05, 0.1) is 5.52 Å². The maximum atomic E-state index is 13.0. The molecule has 2 atom stereocenters. The number of thioether (sulfide) groups is 1. The van der Waals surface area contributed by atoms with Crippen LogP contribution in [0.15, 0.2) is 48.5 Å². The van der Waals surface area contributed by atoms with E-state index in [9.17, 15) is 4.79 Å². The topological polar surface area (TPSA) is 70.2 Å². The monoisotopic (exact) mass is 489 g/mol. The Labute approximate surface area is 212 Å². The van der Waals surface area contributed by atoms with Crippen molar-refractivity contribution in [2.45, 2.75) is 56.4 Å². The van der Waals surface area contributed by atoms with E-state index in [0.717, 1.165) is 54.6 Å². The summed E-state index contributed by atoms with van der Waals surface area (Å²) in [5.41, 5.74) is 3.57. The summed E-state index contributed by atoms with van der Waals surface area (Å²) >= 11 is 1.92. The van der Waals surface area contributed by atoms with Gasteiger partial charge in [0.1, 0.15) is 5.82 Å². The molecule has 1 aromatic heterocycles. The highest BCUT2D eigenvalue weighted by Gasteiger charge is 2.33. The smallest absolute Gasteiger partial charge is 0.225 e. The summed E-state index contributed by atoms with van der Waals surface area (Å²) in [5, 5.41) is 8.41. The van der Waals surface area contributed by atoms with Crippen LogP contribution in [0.25, 0.3) is 10.9 Å². The molecule has 6 nitrogen and oxygen atoms in total. The Hall–Kier alpha value is -2.80. The van der Waals surface area contributed by atoms with Gasteiger partial charge in [-0.15, -0.1) is 0 Å². The van der Waals surface area contributed by atoms with Crippen molar-refractivity contribution in [3.8, 4) is 0 Å². The van der Waals surface area contributed by atoms with E-state index in [1.807, 2.05) is 49.0 Å². The average Bonchev–Trinajstić information content (AvgIpc) is 3.36. The van der Waals surface area contributed by atoms with Crippen LogP contribution in [0.3, 0.4) is 0 Å². The van der Waals surface area contributed by atoms with E-state index in [0.29, 0.717) is 17.2 Å². The van der Waals surface area contributed by atoms with Crippen LogP contribution in [-0.2, 0) is 4.79 Å². The van der Waals surface area contributed by atoms with E-state index in [2.05, 4.69) is 47.9 Å². The van der Waals surface area contributed by atoms with E-state index in [1.54, 1.807) is 0 Å². The molecule has 184 valence electrons. The second kappa shape index (κ2) is 10.4. The molecule has 35 heavy (non-hydrogen) atoms. The molecule has 5 rings (SSSR count). The van der Waals surface area contributed by atoms with Gasteiger partial charge in [0.15, 0.2) is 0 Å². The van der Waals surface area contributed by atoms with Crippen molar-refractivity contribution in [2.75, 3.05) is 30.1 Å². The number of nitrogens with zero attached hydrogens (tertiary/aromatic N) is 3. The molecule has 0 radical (unpaired) electrons. The van der Waals surface area contributed by atoms with Gasteiger partial charge in [-0.2, -0.15) is 16.7 Å². The molecule has 0 spiro atoms. The van der Waals surface area contributed by atoms with Crippen LogP contribution < -0.4 is 15.5 Å². The van der Waals surface area contributed by atoms with Crippen molar-refractivity contribution in [3.63, 3.8) is 0 Å². The van der Waals surface area contributed by atoms with E-state index in [-0.39, 0.29) is 17.9 Å². The molecule has 2 heterocycles. The van der Waals surface area contributed by atoms with Gasteiger partial charge in [0, 0.05) is 48.5 Å². The Kier molecular flexibility index (Phi) is 7.14. The summed E-state index contributed by atoms with van der Waals surface area (Å²) in [6.07, 6.45) is 4.91. The molecule has 2 aromatic carbocycles. The molecule has 2 fully saturated rings. The Morgan fingerprint density at radius 1 is 0.971 bits per heavy atom. The third kappa shape index (κ3) is 5.56. The van der Waals surface area contributed by atoms with Crippen LogP contribution in [0, 0.1) is 12.8 Å². The van der Waals surface area contributed by atoms with Gasteiger partial charge >= 0.3 is 0 Å². The number of nitrogens with one attached hydrogen (secondary N) is 2. The van der Waals surface area contributed by atoms with Gasteiger partial charge < -0.3 is 15.5 Å². The van der Waals surface area contributed by atoms with Crippen molar-refractivity contribution in [1.82, 2.24) is 15.3 Å². The minimum Gasteiger partial charge on any atom is -0.362 e. The number of rotatable bonds is 6. The first-order chi connectivity index (χ1) is 17.0. The maximum absolute atomic E-state index is 13.0. The summed E-state index contributed by atoms with van der Waals surface area (Å²) in [6.45, 7) is 2.11. The molecule has 2 unspecified atom stereocenters. The second-order valence-electron chi connectivity index (χ2n) is 10.1. The Balaban J connectivity index is 1.13. The molecule has 1 saturated heterocycles. The average molecular weight is 490 g/mol. The number of amides is 1. The molecular weight excluding hydrogens is 454 g/mol. The highest BCUT2D eigenvalue weighted by atomic mass is 32.2. The van der Waals surface area contributed by atoms with E-state index < -0.39 is 0 Å². The zero-order valence-electron chi connectivity index (χ0n) is 20.8. The second-order valence-corrected chi connectivity index (χ2v) is 11.4. The lowest BCUT2D eigenvalue weighted by Crippen LogP contribution is -2.42. The Bertz CT molecular complexity index is 1170. The fraction of sp³-hybridized carbons (Fsp3) is 0.464. The fourth-order valence-electron chi connectivity index (χ4n) is 5.17. The number of aryl methyl sites for hydroxylation is 1. The number of para-hydroxylation sites is 1. The zero-order valence-corrected chi connectivity index (χ0v) is 21.6. The van der Waals surface area contributed by atoms with Crippen molar-refractivity contribution in [3.05, 3.63) is 59.7 Å². The number of aromatic nitrogens is 2. The van der Waals surface area contributed by atoms with Crippen LogP contribution in [0.5, 0.6) is 0 Å². The van der Waals surface area contributed by atoms with Crippen LogP contribution in [-0.4, -0.2) is 47.8 Å². The lowest BCUT2D eigenvalue weighted by atomic mass is 9.90. The predicted molar refractivity (Wildman–Crippen MR) is 146 cm³/mol. The maximum Gasteiger partial charge on any atom is 0.225 e. The van der Waals surface area contributed by atoms with Crippen molar-refractivity contribution >= 4 is 40.3 Å². The number of benzene rings is 2. The van der Waals surface area contributed by atoms with E-state index in [4.69, 9.17) is 9.97 Å². The normalized spacial score (nSPS) is 24.3. The Morgan fingerprint density at radius 3 is 2.43 bits per heavy atom. The molecule has 1 aliphatic heterocycles. The van der Waals surface area contributed by atoms with Crippen molar-refractivity contribution < 1.29 is 4.79 Å². The molecular formula is C28H35N5OS. The number of carbonyl (C=O) groups excluding carboxylic acids is 1. The number of carbonyl (C=O) groups is 1. The van der Waals surface area contributed by atoms with E-state index >= 15 is 0 Å². The highest BCUT2D eigenvalue weighted by Crippen LogP contribution is 2.43. The molecule has 3 aromatic rings. The zero-order chi connectivity index (χ0) is 24.4. The molecule has 7 heteroatoms. The van der Waals surface area contributed by atoms with Crippen LogP contribution >= 0.6 is 11.8 Å². The first kappa shape index (κ1) is 23.9. The molecule has 1 saturated carbocycles. The lowest BCUT2D eigenvalue weighted by Gasteiger charge is -2.30. The van der Waals surface area contributed by atoms with E-state index in [1.165, 1.54) is 11.1 Å². The van der Waals surface area contributed by atoms with Gasteiger partial charge in [-0.25, -0.2) is 4.98 Å². The first-order valence-electron chi connectivity index (χ1n) is 12.7. The largest absolute Gasteiger partial charge is 0.362 e. The van der Waals surface area contributed by atoms with Gasteiger partial charge in [-0.1, -0.05) is 42.0 Å². The molecule has 2 aliphatic rings. The molecule has 2 N–H and O–H groups in total. The third-order valence-corrected chi connectivity index (χ3v) is 8.69. The quantitative estimate of drug-likeness (QED) is 0.487. The van der Waals surface area contributed by atoms with Crippen molar-refractivity contribution in [2.24, 2.45) is 5.92 Å². The molecule has 1 amide bonds. The fourth-order valence-corrected chi connectivity index (χ4v) is 6.64. The number of hydrogen-bond acceptors (Lipinski definition) is 6. The highest BCUT2D eigenvalue weighted by molar-refractivity contribution is 7.99. The number of fused-ring (bicyclic) bond motifs is 1. The minimum absolute atomic E-state index is 0.109. The number of hydrogen-bond donors (Lipinski definition) is 2. The standard InChI is InChI=1S/C28H35N5OS/c1-18-8-10-19(11-9-18)25-16-20(17-35-25)27(34)29-21-12-14-22(15-13-21)30-28-31-24-7-5-4-6-23(24)26(32-28)33(2)3/h4-11,20-22,25H,12-17H2,1-3H3,(H,29,34)(H,30,31,32). The van der Waals surface area contributed by atoms with Crippen LogP contribution in [0.4, 0.5) is 11.8 Å². The molecule has 1 aliphatic carbocycles. The number of anilines is 2.